The van der Waals surface area contributed by atoms with E-state index in [0.717, 1.165) is 16.4 Å². The molecule has 3 aliphatic rings. The Bertz CT molecular complexity index is 1260. The number of rotatable bonds is 6. The highest BCUT2D eigenvalue weighted by Crippen LogP contribution is 2.60. The van der Waals surface area contributed by atoms with Gasteiger partial charge in [0.05, 0.1) is 29.0 Å². The lowest BCUT2D eigenvalue weighted by Crippen LogP contribution is -2.52. The summed E-state index contributed by atoms with van der Waals surface area (Å²) in [7, 11) is 1.48. The van der Waals surface area contributed by atoms with Crippen LogP contribution >= 0.6 is 55.1 Å². The molecule has 5 rings (SSSR count). The lowest BCUT2D eigenvalue weighted by atomic mass is 9.81. The van der Waals surface area contributed by atoms with Crippen LogP contribution in [0.5, 0.6) is 5.75 Å². The summed E-state index contributed by atoms with van der Waals surface area (Å²) in [5.41, 5.74) is 0.377. The van der Waals surface area contributed by atoms with E-state index in [0.29, 0.717) is 5.75 Å². The van der Waals surface area contributed by atoms with Gasteiger partial charge in [0.1, 0.15) is 12.3 Å². The molecule has 1 saturated heterocycles. The summed E-state index contributed by atoms with van der Waals surface area (Å²) in [6.45, 7) is -0.520. The Balaban J connectivity index is 1.52. The maximum absolute atomic E-state index is 13.7. The second-order valence-corrected chi connectivity index (χ2v) is 12.1. The number of fused-ring (bicyclic) bond motifs is 5. The molecule has 1 heterocycles. The molecule has 2 aliphatic carbocycles. The maximum atomic E-state index is 13.7. The van der Waals surface area contributed by atoms with Crippen LogP contribution in [-0.4, -0.2) is 56.8 Å². The summed E-state index contributed by atoms with van der Waals surface area (Å²) in [6.07, 6.45) is 0.746. The molecule has 2 aromatic carbocycles. The van der Waals surface area contributed by atoms with Crippen LogP contribution < -0.4 is 4.74 Å². The third-order valence-electron chi connectivity index (χ3n) is 7.29. The van der Waals surface area contributed by atoms with Crippen LogP contribution in [0.4, 0.5) is 0 Å². The number of carbonyl (C=O) groups excluding carboxylic acids is 4. The van der Waals surface area contributed by atoms with E-state index in [1.165, 1.54) is 31.4 Å². The third-order valence-corrected chi connectivity index (χ3v) is 11.2. The van der Waals surface area contributed by atoms with Crippen molar-refractivity contribution in [2.45, 2.75) is 16.1 Å². The number of imide groups is 1. The van der Waals surface area contributed by atoms with E-state index in [9.17, 15) is 19.2 Å². The van der Waals surface area contributed by atoms with Gasteiger partial charge in [0.25, 0.3) is 17.7 Å². The summed E-state index contributed by atoms with van der Waals surface area (Å²) in [5.74, 6) is -2.79. The maximum Gasteiger partial charge on any atom is 0.273 e. The second kappa shape index (κ2) is 9.74. The predicted molar refractivity (Wildman–Crippen MR) is 141 cm³/mol. The Morgan fingerprint density at radius 1 is 0.972 bits per heavy atom. The van der Waals surface area contributed by atoms with Crippen molar-refractivity contribution in [3.63, 3.8) is 0 Å². The third kappa shape index (κ3) is 4.08. The standard InChI is InChI=1S/C25H20Br2Cl2N2O5/c1-36-13-4-2-3-11(7-13)18(32)10-30(23(33)12-5-6-16(28)17(29)8-12)31-24(34)19-14-9-15(20(19)25(31)35)22(27)21(14)26/h2-8,14-15,19-22H,9-10H2,1H3/t14-,15-,19-,20+,21+,22+/m1/s1. The van der Waals surface area contributed by atoms with E-state index in [4.69, 9.17) is 27.9 Å². The van der Waals surface area contributed by atoms with Crippen molar-refractivity contribution in [2.75, 3.05) is 13.7 Å². The fourth-order valence-corrected chi connectivity index (χ4v) is 7.78. The van der Waals surface area contributed by atoms with E-state index in [2.05, 4.69) is 31.9 Å². The van der Waals surface area contributed by atoms with E-state index >= 15 is 0 Å². The molecular weight excluding hydrogens is 639 g/mol. The fraction of sp³-hybridized carbons (Fsp3) is 0.360. The first-order valence-corrected chi connectivity index (χ1v) is 13.8. The number of nitrogens with zero attached hydrogens (tertiary/aromatic N) is 2. The van der Waals surface area contributed by atoms with Crippen molar-refractivity contribution in [2.24, 2.45) is 23.7 Å². The molecule has 3 fully saturated rings. The number of benzene rings is 2. The van der Waals surface area contributed by atoms with Gasteiger partial charge in [0, 0.05) is 20.8 Å². The van der Waals surface area contributed by atoms with Crippen LogP contribution in [0.3, 0.4) is 0 Å². The number of Topliss-reactive ketones (excluding diaryl/α,β-unsaturated/α-hetero) is 1. The second-order valence-electron chi connectivity index (χ2n) is 9.14. The van der Waals surface area contributed by atoms with Gasteiger partial charge < -0.3 is 4.74 Å². The number of ketones is 1. The summed E-state index contributed by atoms with van der Waals surface area (Å²) in [5, 5.41) is 2.21. The van der Waals surface area contributed by atoms with Crippen molar-refractivity contribution in [1.82, 2.24) is 10.0 Å². The topological polar surface area (TPSA) is 84.0 Å². The van der Waals surface area contributed by atoms with Gasteiger partial charge in [-0.3, -0.25) is 19.2 Å². The summed E-state index contributed by atoms with van der Waals surface area (Å²) >= 11 is 19.5. The number of alkyl halides is 2. The monoisotopic (exact) mass is 656 g/mol. The van der Waals surface area contributed by atoms with Gasteiger partial charge in [-0.15, -0.1) is 0 Å². The lowest BCUT2D eigenvalue weighted by Gasteiger charge is -2.31. The van der Waals surface area contributed by atoms with Crippen LogP contribution in [0.1, 0.15) is 27.1 Å². The molecule has 0 aromatic heterocycles. The van der Waals surface area contributed by atoms with Crippen LogP contribution in [0.2, 0.25) is 10.0 Å². The lowest BCUT2D eigenvalue weighted by molar-refractivity contribution is -0.154. The smallest absolute Gasteiger partial charge is 0.273 e. The number of amides is 3. The zero-order chi connectivity index (χ0) is 25.9. The highest BCUT2D eigenvalue weighted by Gasteiger charge is 2.67. The first kappa shape index (κ1) is 25.7. The molecule has 2 aromatic rings. The minimum absolute atomic E-state index is 0.0399. The van der Waals surface area contributed by atoms with Crippen LogP contribution in [0.15, 0.2) is 42.5 Å². The van der Waals surface area contributed by atoms with Gasteiger partial charge >= 0.3 is 0 Å². The number of carbonyl (C=O) groups is 4. The van der Waals surface area contributed by atoms with Crippen molar-refractivity contribution in [3.05, 3.63) is 63.6 Å². The quantitative estimate of drug-likeness (QED) is 0.247. The van der Waals surface area contributed by atoms with Gasteiger partial charge in [-0.25, -0.2) is 5.01 Å². The van der Waals surface area contributed by atoms with Crippen molar-refractivity contribution in [1.29, 1.82) is 0 Å². The summed E-state index contributed by atoms with van der Waals surface area (Å²) in [6, 6.07) is 10.7. The molecule has 11 heteroatoms. The van der Waals surface area contributed by atoms with Crippen molar-refractivity contribution >= 4 is 78.6 Å². The Morgan fingerprint density at radius 2 is 1.61 bits per heavy atom. The molecule has 7 nitrogen and oxygen atoms in total. The molecule has 2 saturated carbocycles. The Kier molecular flexibility index (Phi) is 6.95. The highest BCUT2D eigenvalue weighted by molar-refractivity contribution is 9.12. The molecule has 0 unspecified atom stereocenters. The van der Waals surface area contributed by atoms with Gasteiger partial charge in [0.15, 0.2) is 5.78 Å². The largest absolute Gasteiger partial charge is 0.497 e. The van der Waals surface area contributed by atoms with E-state index in [1.54, 1.807) is 18.2 Å². The molecule has 2 bridgehead atoms. The van der Waals surface area contributed by atoms with E-state index < -0.39 is 41.9 Å². The zero-order valence-corrected chi connectivity index (χ0v) is 23.6. The van der Waals surface area contributed by atoms with Crippen molar-refractivity contribution in [3.8, 4) is 5.75 Å². The number of hydrogen-bond acceptors (Lipinski definition) is 5. The van der Waals surface area contributed by atoms with Crippen LogP contribution in [0, 0.1) is 23.7 Å². The average Bonchev–Trinajstić information content (AvgIpc) is 3.48. The Morgan fingerprint density at radius 3 is 2.19 bits per heavy atom. The number of halogens is 4. The first-order valence-electron chi connectivity index (χ1n) is 11.2. The number of hydrogen-bond donors (Lipinski definition) is 0. The molecule has 188 valence electrons. The Hall–Kier alpha value is -1.94. The molecule has 0 N–H and O–H groups in total. The molecule has 3 amide bonds. The molecule has 0 radical (unpaired) electrons. The fourth-order valence-electron chi connectivity index (χ4n) is 5.61. The highest BCUT2D eigenvalue weighted by atomic mass is 79.9. The summed E-state index contributed by atoms with van der Waals surface area (Å²) < 4.78 is 5.20. The average molecular weight is 659 g/mol. The molecule has 6 atom stereocenters. The van der Waals surface area contributed by atoms with Gasteiger partial charge in [-0.05, 0) is 48.6 Å². The Labute approximate surface area is 234 Å². The van der Waals surface area contributed by atoms with Gasteiger partial charge in [-0.1, -0.05) is 67.2 Å². The molecule has 36 heavy (non-hydrogen) atoms. The van der Waals surface area contributed by atoms with Gasteiger partial charge in [0.2, 0.25) is 0 Å². The first-order chi connectivity index (χ1) is 17.1. The predicted octanol–water partition coefficient (Wildman–Crippen LogP) is 5.02. The normalized spacial score (nSPS) is 28.4. The number of methoxy groups -OCH3 is 1. The molecule has 0 spiro atoms. The van der Waals surface area contributed by atoms with Crippen LogP contribution in [-0.2, 0) is 9.59 Å². The minimum atomic E-state index is -0.704. The number of hydrazine groups is 1. The minimum Gasteiger partial charge on any atom is -0.497 e. The number of ether oxygens (including phenoxy) is 1. The van der Waals surface area contributed by atoms with E-state index in [-0.39, 0.29) is 42.7 Å². The summed E-state index contributed by atoms with van der Waals surface area (Å²) in [4.78, 5) is 54.4. The molecule has 1 aliphatic heterocycles. The van der Waals surface area contributed by atoms with Crippen LogP contribution in [0.25, 0.3) is 0 Å². The zero-order valence-electron chi connectivity index (χ0n) is 18.9. The van der Waals surface area contributed by atoms with E-state index in [1.807, 2.05) is 0 Å². The SMILES string of the molecule is COc1cccc(C(=O)CN(C(=O)c2ccc(Cl)c(Cl)c2)N2C(=O)[C@@H]3[C@H]4C[C@@H]([C@H](Br)[C@H]4Br)[C@@H]3C2=O)c1. The molecular formula is C25H20Br2Cl2N2O5. The van der Waals surface area contributed by atoms with Gasteiger partial charge in [-0.2, -0.15) is 5.01 Å². The van der Waals surface area contributed by atoms with Crippen molar-refractivity contribution < 1.29 is 23.9 Å².